The largest absolute Gasteiger partial charge is 0.462 e. The summed E-state index contributed by atoms with van der Waals surface area (Å²) in [5, 5.41) is 0. The Balaban J connectivity index is 4.43. The molecule has 0 aromatic rings. The van der Waals surface area contributed by atoms with Crippen molar-refractivity contribution < 1.29 is 28.6 Å². The van der Waals surface area contributed by atoms with Crippen molar-refractivity contribution >= 4 is 17.9 Å². The Kier molecular flexibility index (Phi) is 45.1. The molecule has 0 spiro atoms. The molecule has 0 saturated heterocycles. The van der Waals surface area contributed by atoms with Crippen molar-refractivity contribution in [3.05, 3.63) is 97.2 Å². The number of esters is 3. The van der Waals surface area contributed by atoms with Crippen molar-refractivity contribution in [3.8, 4) is 0 Å². The molecule has 0 aromatic heterocycles. The van der Waals surface area contributed by atoms with Gasteiger partial charge in [0.1, 0.15) is 13.2 Å². The number of allylic oxidation sites excluding steroid dienone is 16. The summed E-state index contributed by atoms with van der Waals surface area (Å²) < 4.78 is 16.7. The van der Waals surface area contributed by atoms with E-state index >= 15 is 0 Å². The molecule has 0 bridgehead atoms. The summed E-state index contributed by atoms with van der Waals surface area (Å²) in [6.45, 7) is 6.31. The number of ether oxygens (including phenoxy) is 3. The molecule has 0 aromatic carbocycles. The minimum absolute atomic E-state index is 0.0983. The maximum Gasteiger partial charge on any atom is 0.306 e. The highest BCUT2D eigenvalue weighted by Gasteiger charge is 2.19. The molecule has 0 rings (SSSR count). The highest BCUT2D eigenvalue weighted by Crippen LogP contribution is 2.13. The average molecular weight is 833 g/mol. The van der Waals surface area contributed by atoms with Crippen LogP contribution in [0, 0.1) is 0 Å². The van der Waals surface area contributed by atoms with Gasteiger partial charge in [-0.3, -0.25) is 14.4 Å². The van der Waals surface area contributed by atoms with Gasteiger partial charge in [-0.1, -0.05) is 208 Å². The maximum absolute atomic E-state index is 12.7. The van der Waals surface area contributed by atoms with Crippen molar-refractivity contribution in [3.63, 3.8) is 0 Å². The standard InChI is InChI=1S/C54H88O6/c1-4-7-10-13-16-19-22-24-25-26-27-28-29-31-32-35-38-41-44-47-53(56)59-50-51(49-58-52(55)46-43-40-37-34-21-18-15-12-9-6-3)60-54(57)48-45-42-39-36-33-30-23-20-17-14-11-8-5-2/h7-8,10-11,14,16-17,19-20,23-25,27-28,30,33,51H,4-6,9,12-13,15,18,21-22,26,29,31-32,34-50H2,1-3H3/b10-7-,11-8-,17-14-,19-16-,23-20-,25-24-,28-27-,33-30-. The van der Waals surface area contributed by atoms with Crippen molar-refractivity contribution in [2.75, 3.05) is 13.2 Å². The van der Waals surface area contributed by atoms with Crippen LogP contribution in [-0.4, -0.2) is 37.2 Å². The number of carbonyl (C=O) groups is 3. The molecule has 0 N–H and O–H groups in total. The number of hydrogen-bond acceptors (Lipinski definition) is 6. The van der Waals surface area contributed by atoms with E-state index in [4.69, 9.17) is 14.2 Å². The quantitative estimate of drug-likeness (QED) is 0.0200. The van der Waals surface area contributed by atoms with Crippen LogP contribution in [0.15, 0.2) is 97.2 Å². The van der Waals surface area contributed by atoms with Crippen LogP contribution in [-0.2, 0) is 28.6 Å². The lowest BCUT2D eigenvalue weighted by molar-refractivity contribution is -0.167. The smallest absolute Gasteiger partial charge is 0.306 e. The first-order valence-electron chi connectivity index (χ1n) is 24.3. The molecule has 0 heterocycles. The van der Waals surface area contributed by atoms with E-state index in [1.54, 1.807) is 0 Å². The molecule has 1 atom stereocenters. The van der Waals surface area contributed by atoms with Gasteiger partial charge in [-0.15, -0.1) is 0 Å². The van der Waals surface area contributed by atoms with Crippen molar-refractivity contribution in [2.45, 2.75) is 213 Å². The average Bonchev–Trinajstić information content (AvgIpc) is 3.24. The normalized spacial score (nSPS) is 12.9. The van der Waals surface area contributed by atoms with Crippen LogP contribution < -0.4 is 0 Å². The highest BCUT2D eigenvalue weighted by atomic mass is 16.6. The van der Waals surface area contributed by atoms with Crippen molar-refractivity contribution in [1.29, 1.82) is 0 Å². The fourth-order valence-electron chi connectivity index (χ4n) is 6.32. The predicted octanol–water partition coefficient (Wildman–Crippen LogP) is 15.8. The van der Waals surface area contributed by atoms with Crippen LogP contribution >= 0.6 is 0 Å². The number of rotatable bonds is 42. The summed E-state index contributed by atoms with van der Waals surface area (Å²) in [6, 6.07) is 0. The first-order valence-corrected chi connectivity index (χ1v) is 24.3. The van der Waals surface area contributed by atoms with Crippen molar-refractivity contribution in [1.82, 2.24) is 0 Å². The van der Waals surface area contributed by atoms with Gasteiger partial charge in [0, 0.05) is 19.3 Å². The number of carbonyl (C=O) groups excluding carboxylic acids is 3. The van der Waals surface area contributed by atoms with Crippen LogP contribution in [0.1, 0.15) is 207 Å². The van der Waals surface area contributed by atoms with Gasteiger partial charge < -0.3 is 14.2 Å². The summed E-state index contributed by atoms with van der Waals surface area (Å²) in [6.07, 6.45) is 62.5. The van der Waals surface area contributed by atoms with Crippen LogP contribution in [0.3, 0.4) is 0 Å². The molecule has 0 radical (unpaired) electrons. The van der Waals surface area contributed by atoms with E-state index in [0.29, 0.717) is 19.3 Å². The van der Waals surface area contributed by atoms with E-state index in [1.807, 2.05) is 36.5 Å². The Hall–Kier alpha value is -3.67. The molecule has 0 saturated carbocycles. The van der Waals surface area contributed by atoms with Gasteiger partial charge in [-0.25, -0.2) is 0 Å². The zero-order valence-corrected chi connectivity index (χ0v) is 38.7. The Bertz CT molecular complexity index is 1230. The molecular formula is C54H88O6. The molecule has 0 aliphatic heterocycles. The summed E-state index contributed by atoms with van der Waals surface area (Å²) in [4.78, 5) is 37.8. The van der Waals surface area contributed by atoms with E-state index in [0.717, 1.165) is 103 Å². The Morgan fingerprint density at radius 1 is 0.367 bits per heavy atom. The minimum atomic E-state index is -0.801. The molecule has 1 unspecified atom stereocenters. The Labute approximate surface area is 368 Å². The second-order valence-corrected chi connectivity index (χ2v) is 15.7. The molecule has 0 aliphatic carbocycles. The fraction of sp³-hybridized carbons (Fsp3) is 0.648. The van der Waals surface area contributed by atoms with Gasteiger partial charge in [0.2, 0.25) is 0 Å². The van der Waals surface area contributed by atoms with Gasteiger partial charge in [0.25, 0.3) is 0 Å². The van der Waals surface area contributed by atoms with Gasteiger partial charge in [-0.05, 0) is 77.0 Å². The van der Waals surface area contributed by atoms with Crippen LogP contribution in [0.5, 0.6) is 0 Å². The predicted molar refractivity (Wildman–Crippen MR) is 256 cm³/mol. The maximum atomic E-state index is 12.7. The third kappa shape index (κ3) is 45.4. The minimum Gasteiger partial charge on any atom is -0.462 e. The molecule has 6 heteroatoms. The van der Waals surface area contributed by atoms with Crippen LogP contribution in [0.25, 0.3) is 0 Å². The second kappa shape index (κ2) is 48.0. The van der Waals surface area contributed by atoms with Gasteiger partial charge in [0.05, 0.1) is 0 Å². The van der Waals surface area contributed by atoms with Crippen LogP contribution in [0.2, 0.25) is 0 Å². The van der Waals surface area contributed by atoms with Gasteiger partial charge >= 0.3 is 17.9 Å². The van der Waals surface area contributed by atoms with E-state index < -0.39 is 6.10 Å². The number of hydrogen-bond donors (Lipinski definition) is 0. The van der Waals surface area contributed by atoms with Crippen LogP contribution in [0.4, 0.5) is 0 Å². The molecule has 0 aliphatic rings. The first-order chi connectivity index (χ1) is 29.5. The fourth-order valence-corrected chi connectivity index (χ4v) is 6.32. The lowest BCUT2D eigenvalue weighted by Gasteiger charge is -2.18. The summed E-state index contributed by atoms with van der Waals surface area (Å²) in [5.41, 5.74) is 0. The Morgan fingerprint density at radius 3 is 1.23 bits per heavy atom. The lowest BCUT2D eigenvalue weighted by Crippen LogP contribution is -2.30. The second-order valence-electron chi connectivity index (χ2n) is 15.7. The van der Waals surface area contributed by atoms with E-state index in [-0.39, 0.29) is 37.5 Å². The molecule has 0 fully saturated rings. The lowest BCUT2D eigenvalue weighted by atomic mass is 10.1. The van der Waals surface area contributed by atoms with E-state index in [2.05, 4.69) is 81.5 Å². The molecule has 60 heavy (non-hydrogen) atoms. The Morgan fingerprint density at radius 2 is 0.733 bits per heavy atom. The third-order valence-corrected chi connectivity index (χ3v) is 9.93. The van der Waals surface area contributed by atoms with Gasteiger partial charge in [0.15, 0.2) is 6.10 Å². The molecule has 340 valence electrons. The number of unbranched alkanes of at least 4 members (excludes halogenated alkanes) is 18. The van der Waals surface area contributed by atoms with E-state index in [1.165, 1.54) is 57.8 Å². The molecule has 6 nitrogen and oxygen atoms in total. The third-order valence-electron chi connectivity index (χ3n) is 9.93. The SMILES string of the molecule is CC\C=C/C=C\C=C/C=C\CCCCCC(=O)OC(COC(=O)CCCCCCCC/C=C\C/C=C\C/C=C\C/C=C\CC)COC(=O)CCCCCCCCCCCC. The highest BCUT2D eigenvalue weighted by molar-refractivity contribution is 5.71. The van der Waals surface area contributed by atoms with E-state index in [9.17, 15) is 14.4 Å². The zero-order chi connectivity index (χ0) is 43.7. The first kappa shape index (κ1) is 56.3. The summed E-state index contributed by atoms with van der Waals surface area (Å²) in [7, 11) is 0. The summed E-state index contributed by atoms with van der Waals surface area (Å²) >= 11 is 0. The molecule has 0 amide bonds. The topological polar surface area (TPSA) is 78.9 Å². The molecular weight excluding hydrogens is 745 g/mol. The summed E-state index contributed by atoms with van der Waals surface area (Å²) in [5.74, 6) is -0.960. The van der Waals surface area contributed by atoms with Crippen molar-refractivity contribution in [2.24, 2.45) is 0 Å². The van der Waals surface area contributed by atoms with Gasteiger partial charge in [-0.2, -0.15) is 0 Å². The monoisotopic (exact) mass is 833 g/mol. The zero-order valence-electron chi connectivity index (χ0n) is 38.7.